The van der Waals surface area contributed by atoms with Gasteiger partial charge in [-0.15, -0.1) is 0 Å². The lowest BCUT2D eigenvalue weighted by Crippen LogP contribution is -1.98. The van der Waals surface area contributed by atoms with E-state index >= 15 is 0 Å². The minimum absolute atomic E-state index is 0.0606. The number of nitro benzene ring substituents is 1. The number of carbonyl (C=O) groups is 1. The molecule has 1 N–H and O–H groups in total. The van der Waals surface area contributed by atoms with Gasteiger partial charge in [0, 0.05) is 30.4 Å². The summed E-state index contributed by atoms with van der Waals surface area (Å²) in [4.78, 5) is 24.3. The first kappa shape index (κ1) is 12.8. The molecule has 6 heteroatoms. The minimum atomic E-state index is -0.437. The smallest absolute Gasteiger partial charge is 0.339 e. The van der Waals surface area contributed by atoms with E-state index < -0.39 is 10.9 Å². The molecule has 0 unspecified atom stereocenters. The van der Waals surface area contributed by atoms with E-state index in [2.05, 4.69) is 9.72 Å². The summed E-state index contributed by atoms with van der Waals surface area (Å²) in [6, 6.07) is 8.00. The Labute approximate surface area is 109 Å². The lowest BCUT2D eigenvalue weighted by Gasteiger charge is -1.98. The molecular formula is C13H12N2O4. The second-order valence-electron chi connectivity index (χ2n) is 4.01. The highest BCUT2D eigenvalue weighted by Gasteiger charge is 2.09. The van der Waals surface area contributed by atoms with Gasteiger partial charge in [-0.3, -0.25) is 10.1 Å². The number of nitrogens with zero attached hydrogens (tertiary/aromatic N) is 1. The molecule has 0 fully saturated rings. The average Bonchev–Trinajstić information content (AvgIpc) is 2.87. The van der Waals surface area contributed by atoms with Gasteiger partial charge in [-0.25, -0.2) is 4.79 Å². The largest absolute Gasteiger partial charge is 0.465 e. The van der Waals surface area contributed by atoms with Crippen molar-refractivity contribution in [2.75, 3.05) is 7.11 Å². The number of hydrogen-bond acceptors (Lipinski definition) is 4. The van der Waals surface area contributed by atoms with Crippen LogP contribution in [-0.2, 0) is 11.2 Å². The molecule has 0 aliphatic rings. The van der Waals surface area contributed by atoms with Crippen molar-refractivity contribution in [1.82, 2.24) is 4.98 Å². The van der Waals surface area contributed by atoms with Crippen LogP contribution in [0, 0.1) is 10.1 Å². The Hall–Kier alpha value is -2.63. The fourth-order valence-electron chi connectivity index (χ4n) is 1.73. The number of H-pyrrole nitrogens is 1. The number of nitro groups is 1. The maximum absolute atomic E-state index is 11.3. The van der Waals surface area contributed by atoms with Crippen molar-refractivity contribution in [2.45, 2.75) is 6.42 Å². The third-order valence-electron chi connectivity index (χ3n) is 2.71. The van der Waals surface area contributed by atoms with Crippen molar-refractivity contribution in [3.05, 3.63) is 63.5 Å². The molecule has 1 heterocycles. The number of aromatic amines is 1. The van der Waals surface area contributed by atoms with E-state index in [1.54, 1.807) is 24.4 Å². The summed E-state index contributed by atoms with van der Waals surface area (Å²) in [6.45, 7) is 0. The highest BCUT2D eigenvalue weighted by Crippen LogP contribution is 2.15. The lowest BCUT2D eigenvalue weighted by molar-refractivity contribution is -0.384. The first-order chi connectivity index (χ1) is 9.10. The second-order valence-corrected chi connectivity index (χ2v) is 4.01. The zero-order chi connectivity index (χ0) is 13.8. The molecule has 0 radical (unpaired) electrons. The Kier molecular flexibility index (Phi) is 3.61. The number of aromatic nitrogens is 1. The molecule has 0 aliphatic carbocycles. The maximum Gasteiger partial charge on any atom is 0.339 e. The average molecular weight is 260 g/mol. The summed E-state index contributed by atoms with van der Waals surface area (Å²) < 4.78 is 4.61. The zero-order valence-corrected chi connectivity index (χ0v) is 10.3. The predicted octanol–water partition coefficient (Wildman–Crippen LogP) is 2.30. The van der Waals surface area contributed by atoms with Crippen molar-refractivity contribution >= 4 is 11.7 Å². The van der Waals surface area contributed by atoms with Crippen LogP contribution in [0.2, 0.25) is 0 Å². The van der Waals surface area contributed by atoms with Crippen molar-refractivity contribution < 1.29 is 14.5 Å². The van der Waals surface area contributed by atoms with Crippen LogP contribution in [0.15, 0.2) is 36.5 Å². The van der Waals surface area contributed by atoms with E-state index in [1.165, 1.54) is 19.2 Å². The molecule has 98 valence electrons. The SMILES string of the molecule is COC(=O)c1c[nH]c(Cc2ccc([N+](=O)[O-])cc2)c1. The molecule has 2 rings (SSSR count). The minimum Gasteiger partial charge on any atom is -0.465 e. The van der Waals surface area contributed by atoms with Crippen LogP contribution in [-0.4, -0.2) is 23.0 Å². The molecule has 1 aromatic carbocycles. The van der Waals surface area contributed by atoms with Gasteiger partial charge in [-0.2, -0.15) is 0 Å². The molecule has 6 nitrogen and oxygen atoms in total. The summed E-state index contributed by atoms with van der Waals surface area (Å²) >= 11 is 0. The van der Waals surface area contributed by atoms with Gasteiger partial charge < -0.3 is 9.72 Å². The fraction of sp³-hybridized carbons (Fsp3) is 0.154. The Morgan fingerprint density at radius 3 is 2.63 bits per heavy atom. The van der Waals surface area contributed by atoms with E-state index in [4.69, 9.17) is 0 Å². The molecule has 0 saturated carbocycles. The van der Waals surface area contributed by atoms with Crippen LogP contribution in [0.5, 0.6) is 0 Å². The number of benzene rings is 1. The molecule has 0 aliphatic heterocycles. The summed E-state index contributed by atoms with van der Waals surface area (Å²) in [7, 11) is 1.32. The molecule has 2 aromatic rings. The van der Waals surface area contributed by atoms with Gasteiger partial charge in [0.15, 0.2) is 0 Å². The number of carbonyl (C=O) groups excluding carboxylic acids is 1. The van der Waals surface area contributed by atoms with Gasteiger partial charge in [0.2, 0.25) is 0 Å². The maximum atomic E-state index is 11.3. The third kappa shape index (κ3) is 2.98. The van der Waals surface area contributed by atoms with Crippen LogP contribution in [0.4, 0.5) is 5.69 Å². The van der Waals surface area contributed by atoms with Gasteiger partial charge in [-0.05, 0) is 11.6 Å². The number of esters is 1. The Morgan fingerprint density at radius 2 is 2.05 bits per heavy atom. The fourth-order valence-corrected chi connectivity index (χ4v) is 1.73. The normalized spacial score (nSPS) is 10.2. The summed E-state index contributed by atoms with van der Waals surface area (Å²) in [5.74, 6) is -0.397. The lowest BCUT2D eigenvalue weighted by atomic mass is 10.1. The van der Waals surface area contributed by atoms with Crippen LogP contribution in [0.1, 0.15) is 21.6 Å². The summed E-state index contributed by atoms with van der Waals surface area (Å²) in [5, 5.41) is 10.5. The molecule has 0 saturated heterocycles. The molecule has 0 atom stereocenters. The van der Waals surface area contributed by atoms with Gasteiger partial charge in [-0.1, -0.05) is 12.1 Å². The zero-order valence-electron chi connectivity index (χ0n) is 10.3. The van der Waals surface area contributed by atoms with Gasteiger partial charge in [0.05, 0.1) is 17.6 Å². The number of ether oxygens (including phenoxy) is 1. The van der Waals surface area contributed by atoms with E-state index in [9.17, 15) is 14.9 Å². The number of non-ortho nitro benzene ring substituents is 1. The van der Waals surface area contributed by atoms with E-state index in [0.717, 1.165) is 11.3 Å². The van der Waals surface area contributed by atoms with E-state index in [1.807, 2.05) is 0 Å². The topological polar surface area (TPSA) is 85.2 Å². The standard InChI is InChI=1S/C13H12N2O4/c1-19-13(16)10-7-11(14-8-10)6-9-2-4-12(5-3-9)15(17)18/h2-5,7-8,14H,6H2,1H3. The Bertz CT molecular complexity index is 601. The van der Waals surface area contributed by atoms with Gasteiger partial charge in [0.25, 0.3) is 5.69 Å². The summed E-state index contributed by atoms with van der Waals surface area (Å²) in [6.07, 6.45) is 2.14. The first-order valence-electron chi connectivity index (χ1n) is 5.59. The number of rotatable bonds is 4. The van der Waals surface area contributed by atoms with Crippen molar-refractivity contribution in [3.8, 4) is 0 Å². The number of nitrogens with one attached hydrogen (secondary N) is 1. The molecule has 0 bridgehead atoms. The van der Waals surface area contributed by atoms with Crippen molar-refractivity contribution in [2.24, 2.45) is 0 Å². The van der Waals surface area contributed by atoms with E-state index in [-0.39, 0.29) is 5.69 Å². The van der Waals surface area contributed by atoms with Crippen LogP contribution in [0.3, 0.4) is 0 Å². The molecule has 0 spiro atoms. The summed E-state index contributed by atoms with van der Waals surface area (Å²) in [5.41, 5.74) is 2.28. The first-order valence-corrected chi connectivity index (χ1v) is 5.59. The highest BCUT2D eigenvalue weighted by molar-refractivity contribution is 5.89. The predicted molar refractivity (Wildman–Crippen MR) is 68.0 cm³/mol. The number of hydrogen-bond donors (Lipinski definition) is 1. The Morgan fingerprint density at radius 1 is 1.37 bits per heavy atom. The highest BCUT2D eigenvalue weighted by atomic mass is 16.6. The quantitative estimate of drug-likeness (QED) is 0.519. The molecule has 19 heavy (non-hydrogen) atoms. The Balaban J connectivity index is 2.10. The monoisotopic (exact) mass is 260 g/mol. The van der Waals surface area contributed by atoms with Crippen LogP contribution in [0.25, 0.3) is 0 Å². The van der Waals surface area contributed by atoms with Crippen molar-refractivity contribution in [1.29, 1.82) is 0 Å². The number of methoxy groups -OCH3 is 1. The van der Waals surface area contributed by atoms with Crippen LogP contribution >= 0.6 is 0 Å². The molecular weight excluding hydrogens is 248 g/mol. The third-order valence-corrected chi connectivity index (χ3v) is 2.71. The van der Waals surface area contributed by atoms with Crippen LogP contribution < -0.4 is 0 Å². The van der Waals surface area contributed by atoms with Gasteiger partial charge in [0.1, 0.15) is 0 Å². The van der Waals surface area contributed by atoms with E-state index in [0.29, 0.717) is 12.0 Å². The van der Waals surface area contributed by atoms with Crippen molar-refractivity contribution in [3.63, 3.8) is 0 Å². The molecule has 0 amide bonds. The second kappa shape index (κ2) is 5.34. The van der Waals surface area contributed by atoms with Gasteiger partial charge >= 0.3 is 5.97 Å². The molecule has 1 aromatic heterocycles.